The van der Waals surface area contributed by atoms with Gasteiger partial charge >= 0.3 is 0 Å². The van der Waals surface area contributed by atoms with Crippen molar-refractivity contribution in [3.63, 3.8) is 0 Å². The van der Waals surface area contributed by atoms with Crippen molar-refractivity contribution < 1.29 is 9.59 Å². The molecule has 1 aromatic rings. The second-order valence-electron chi connectivity index (χ2n) is 5.45. The quantitative estimate of drug-likeness (QED) is 0.870. The molecular formula is C15H20ClN3O2S. The molecule has 0 aliphatic carbocycles. The first-order chi connectivity index (χ1) is 10.1. The van der Waals surface area contributed by atoms with E-state index in [0.29, 0.717) is 13.0 Å². The smallest absolute Gasteiger partial charge is 0.249 e. The Kier molecular flexibility index (Phi) is 5.72. The Hall–Kier alpha value is -1.24. The third kappa shape index (κ3) is 3.56. The molecule has 2 saturated heterocycles. The van der Waals surface area contributed by atoms with Crippen LogP contribution in [0.3, 0.4) is 0 Å². The Balaban J connectivity index is 0.00000176. The van der Waals surface area contributed by atoms with E-state index in [0.717, 1.165) is 17.3 Å². The summed E-state index contributed by atoms with van der Waals surface area (Å²) < 4.78 is 0. The number of amides is 2. The highest BCUT2D eigenvalue weighted by Crippen LogP contribution is 2.22. The van der Waals surface area contributed by atoms with Gasteiger partial charge in [0.2, 0.25) is 11.8 Å². The number of aryl methyl sites for hydroxylation is 1. The van der Waals surface area contributed by atoms with Gasteiger partial charge in [-0.1, -0.05) is 17.7 Å². The Bertz CT molecular complexity index is 546. The van der Waals surface area contributed by atoms with Crippen LogP contribution in [-0.4, -0.2) is 42.1 Å². The minimum absolute atomic E-state index is 0. The Morgan fingerprint density at radius 1 is 1.36 bits per heavy atom. The van der Waals surface area contributed by atoms with Crippen LogP contribution in [-0.2, 0) is 9.59 Å². The van der Waals surface area contributed by atoms with Crippen LogP contribution in [0, 0.1) is 6.92 Å². The number of thioether (sulfide) groups is 1. The summed E-state index contributed by atoms with van der Waals surface area (Å²) in [6, 6.07) is 7.32. The molecule has 2 aliphatic rings. The maximum absolute atomic E-state index is 12.4. The lowest BCUT2D eigenvalue weighted by atomic mass is 10.2. The van der Waals surface area contributed by atoms with Gasteiger partial charge in [0, 0.05) is 23.9 Å². The zero-order chi connectivity index (χ0) is 14.8. The number of rotatable bonds is 3. The molecule has 22 heavy (non-hydrogen) atoms. The van der Waals surface area contributed by atoms with E-state index in [4.69, 9.17) is 0 Å². The summed E-state index contributed by atoms with van der Waals surface area (Å²) in [6.07, 6.45) is 0.665. The largest absolute Gasteiger partial charge is 0.343 e. The van der Waals surface area contributed by atoms with Crippen molar-refractivity contribution >= 4 is 41.7 Å². The fourth-order valence-corrected chi connectivity index (χ4v) is 3.57. The molecule has 3 rings (SSSR count). The van der Waals surface area contributed by atoms with Crippen LogP contribution in [0.4, 0.5) is 5.69 Å². The van der Waals surface area contributed by atoms with Crippen LogP contribution in [0.15, 0.2) is 24.3 Å². The van der Waals surface area contributed by atoms with Gasteiger partial charge in [0.1, 0.15) is 6.04 Å². The number of carbonyl (C=O) groups excluding carboxylic acids is 2. The van der Waals surface area contributed by atoms with Crippen LogP contribution in [0.25, 0.3) is 0 Å². The number of nitrogens with zero attached hydrogens (tertiary/aromatic N) is 1. The SMILES string of the molecule is Cc1ccc(N2CCC(NC(=O)C3CSCN3)C2=O)cc1.Cl. The van der Waals surface area contributed by atoms with E-state index < -0.39 is 6.04 Å². The highest BCUT2D eigenvalue weighted by Gasteiger charge is 2.35. The van der Waals surface area contributed by atoms with Gasteiger partial charge in [-0.15, -0.1) is 24.2 Å². The first-order valence-corrected chi connectivity index (χ1v) is 8.30. The highest BCUT2D eigenvalue weighted by molar-refractivity contribution is 7.99. The summed E-state index contributed by atoms with van der Waals surface area (Å²) in [5, 5.41) is 6.00. The van der Waals surface area contributed by atoms with Crippen molar-refractivity contribution in [3.8, 4) is 0 Å². The van der Waals surface area contributed by atoms with E-state index in [1.165, 1.54) is 5.56 Å². The number of anilines is 1. The molecule has 2 aliphatic heterocycles. The maximum atomic E-state index is 12.4. The highest BCUT2D eigenvalue weighted by atomic mass is 35.5. The van der Waals surface area contributed by atoms with Gasteiger partial charge in [-0.25, -0.2) is 0 Å². The summed E-state index contributed by atoms with van der Waals surface area (Å²) in [4.78, 5) is 26.3. The molecule has 1 aromatic carbocycles. The standard InChI is InChI=1S/C15H19N3O2S.ClH/c1-10-2-4-11(5-3-10)18-7-6-12(15(18)20)17-14(19)13-8-21-9-16-13;/h2-5,12-13,16H,6-9H2,1H3,(H,17,19);1H. The first kappa shape index (κ1) is 17.1. The number of halogens is 1. The monoisotopic (exact) mass is 341 g/mol. The Morgan fingerprint density at radius 2 is 2.09 bits per heavy atom. The molecule has 2 heterocycles. The van der Waals surface area contributed by atoms with Crippen LogP contribution >= 0.6 is 24.2 Å². The molecule has 0 spiro atoms. The minimum atomic E-state index is -0.397. The average Bonchev–Trinajstić information content (AvgIpc) is 3.11. The van der Waals surface area contributed by atoms with Gasteiger partial charge in [-0.3, -0.25) is 14.9 Å². The summed E-state index contributed by atoms with van der Waals surface area (Å²) in [5.41, 5.74) is 2.07. The molecule has 2 fully saturated rings. The van der Waals surface area contributed by atoms with E-state index in [1.54, 1.807) is 16.7 Å². The predicted molar refractivity (Wildman–Crippen MR) is 91.6 cm³/mol. The second-order valence-corrected chi connectivity index (χ2v) is 6.48. The van der Waals surface area contributed by atoms with Crippen molar-refractivity contribution in [2.45, 2.75) is 25.4 Å². The minimum Gasteiger partial charge on any atom is -0.343 e. The van der Waals surface area contributed by atoms with Gasteiger partial charge in [-0.05, 0) is 25.5 Å². The van der Waals surface area contributed by atoms with Crippen molar-refractivity contribution in [1.29, 1.82) is 0 Å². The van der Waals surface area contributed by atoms with Crippen molar-refractivity contribution in [2.24, 2.45) is 0 Å². The maximum Gasteiger partial charge on any atom is 0.249 e. The van der Waals surface area contributed by atoms with E-state index in [-0.39, 0.29) is 30.3 Å². The van der Waals surface area contributed by atoms with Gasteiger partial charge in [0.25, 0.3) is 0 Å². The van der Waals surface area contributed by atoms with Crippen LogP contribution in [0.2, 0.25) is 0 Å². The van der Waals surface area contributed by atoms with E-state index >= 15 is 0 Å². The number of hydrogen-bond acceptors (Lipinski definition) is 4. The fraction of sp³-hybridized carbons (Fsp3) is 0.467. The molecular weight excluding hydrogens is 322 g/mol. The molecule has 2 unspecified atom stereocenters. The Morgan fingerprint density at radius 3 is 2.73 bits per heavy atom. The van der Waals surface area contributed by atoms with Crippen molar-refractivity contribution in [2.75, 3.05) is 23.1 Å². The molecule has 120 valence electrons. The molecule has 2 atom stereocenters. The lowest BCUT2D eigenvalue weighted by Gasteiger charge is -2.18. The average molecular weight is 342 g/mol. The van der Waals surface area contributed by atoms with Crippen molar-refractivity contribution in [1.82, 2.24) is 10.6 Å². The number of benzene rings is 1. The predicted octanol–water partition coefficient (Wildman–Crippen LogP) is 1.30. The molecule has 0 radical (unpaired) electrons. The number of carbonyl (C=O) groups is 2. The summed E-state index contributed by atoms with van der Waals surface area (Å²) in [7, 11) is 0. The van der Waals surface area contributed by atoms with E-state index in [9.17, 15) is 9.59 Å². The van der Waals surface area contributed by atoms with Gasteiger partial charge in [0.15, 0.2) is 0 Å². The van der Waals surface area contributed by atoms with Crippen LogP contribution in [0.5, 0.6) is 0 Å². The van der Waals surface area contributed by atoms with Gasteiger partial charge in [0.05, 0.1) is 6.04 Å². The summed E-state index contributed by atoms with van der Waals surface area (Å²) in [6.45, 7) is 2.67. The summed E-state index contributed by atoms with van der Waals surface area (Å²) >= 11 is 1.70. The number of hydrogen-bond donors (Lipinski definition) is 2. The zero-order valence-electron chi connectivity index (χ0n) is 12.4. The normalized spacial score (nSPS) is 24.2. The van der Waals surface area contributed by atoms with Gasteiger partial charge in [-0.2, -0.15) is 0 Å². The van der Waals surface area contributed by atoms with Gasteiger partial charge < -0.3 is 10.2 Å². The summed E-state index contributed by atoms with van der Waals surface area (Å²) in [5.74, 6) is 1.49. The third-order valence-electron chi connectivity index (χ3n) is 3.90. The third-order valence-corrected chi connectivity index (χ3v) is 4.84. The topological polar surface area (TPSA) is 61.4 Å². The van der Waals surface area contributed by atoms with E-state index in [2.05, 4.69) is 10.6 Å². The Labute approximate surface area is 140 Å². The lowest BCUT2D eigenvalue weighted by Crippen LogP contribution is -2.49. The van der Waals surface area contributed by atoms with Crippen molar-refractivity contribution in [3.05, 3.63) is 29.8 Å². The lowest BCUT2D eigenvalue weighted by molar-refractivity contribution is -0.127. The second kappa shape index (κ2) is 7.35. The zero-order valence-corrected chi connectivity index (χ0v) is 14.0. The molecule has 5 nitrogen and oxygen atoms in total. The molecule has 7 heteroatoms. The first-order valence-electron chi connectivity index (χ1n) is 7.15. The molecule has 0 aromatic heterocycles. The number of nitrogens with one attached hydrogen (secondary N) is 2. The fourth-order valence-electron chi connectivity index (χ4n) is 2.63. The molecule has 2 N–H and O–H groups in total. The molecule has 2 amide bonds. The van der Waals surface area contributed by atoms with E-state index in [1.807, 2.05) is 31.2 Å². The van der Waals surface area contributed by atoms with Crippen LogP contribution in [0.1, 0.15) is 12.0 Å². The van der Waals surface area contributed by atoms with Crippen LogP contribution < -0.4 is 15.5 Å². The molecule has 0 bridgehead atoms. The molecule has 0 saturated carbocycles.